The fourth-order valence-electron chi connectivity index (χ4n) is 1.75. The monoisotopic (exact) mass is 280 g/mol. The number of thiophene rings is 1. The summed E-state index contributed by atoms with van der Waals surface area (Å²) in [5, 5.41) is 3.09. The van der Waals surface area contributed by atoms with Crippen LogP contribution in [-0.2, 0) is 10.0 Å². The highest BCUT2D eigenvalue weighted by Crippen LogP contribution is 2.29. The van der Waals surface area contributed by atoms with Crippen molar-refractivity contribution in [3.63, 3.8) is 0 Å². The fraction of sp³-hybridized carbons (Fsp3) is 0.556. The van der Waals surface area contributed by atoms with Crippen LogP contribution in [0.3, 0.4) is 0 Å². The highest BCUT2D eigenvalue weighted by atomic mass is 35.5. The second kappa shape index (κ2) is 4.62. The van der Waals surface area contributed by atoms with Crippen LogP contribution in [0.5, 0.6) is 0 Å². The molecule has 7 heteroatoms. The first kappa shape index (κ1) is 12.3. The third-order valence-electron chi connectivity index (χ3n) is 2.70. The molecule has 1 aliphatic rings. The Kier molecular flexibility index (Phi) is 3.56. The van der Waals surface area contributed by atoms with Gasteiger partial charge in [-0.05, 0) is 25.6 Å². The number of hydrogen-bond acceptors (Lipinski definition) is 4. The SMILES string of the molecule is CNC1CCN(S(=O)(=O)c2ccc(Cl)s2)C1. The Balaban J connectivity index is 2.21. The zero-order valence-electron chi connectivity index (χ0n) is 8.81. The van der Waals surface area contributed by atoms with Crippen molar-refractivity contribution in [3.05, 3.63) is 16.5 Å². The molecule has 1 fully saturated rings. The fourth-order valence-corrected chi connectivity index (χ4v) is 4.88. The first-order valence-corrected chi connectivity index (χ1v) is 7.60. The molecule has 16 heavy (non-hydrogen) atoms. The number of halogens is 1. The lowest BCUT2D eigenvalue weighted by atomic mass is 10.3. The smallest absolute Gasteiger partial charge is 0.252 e. The second-order valence-corrected chi connectivity index (χ2v) is 7.58. The van der Waals surface area contributed by atoms with E-state index < -0.39 is 10.0 Å². The van der Waals surface area contributed by atoms with Crippen LogP contribution in [0, 0.1) is 0 Å². The summed E-state index contributed by atoms with van der Waals surface area (Å²) in [7, 11) is -1.48. The van der Waals surface area contributed by atoms with Gasteiger partial charge < -0.3 is 5.32 Å². The molecule has 1 aromatic rings. The molecule has 4 nitrogen and oxygen atoms in total. The van der Waals surface area contributed by atoms with Crippen LogP contribution in [0.4, 0.5) is 0 Å². The van der Waals surface area contributed by atoms with E-state index in [1.165, 1.54) is 4.31 Å². The van der Waals surface area contributed by atoms with Gasteiger partial charge in [-0.2, -0.15) is 4.31 Å². The predicted molar refractivity (Wildman–Crippen MR) is 65.6 cm³/mol. The molecule has 1 aliphatic heterocycles. The molecular formula is C9H13ClN2O2S2. The molecule has 1 aromatic heterocycles. The quantitative estimate of drug-likeness (QED) is 0.910. The van der Waals surface area contributed by atoms with Crippen molar-refractivity contribution in [2.24, 2.45) is 0 Å². The summed E-state index contributed by atoms with van der Waals surface area (Å²) < 4.78 is 26.7. The molecule has 1 atom stereocenters. The maximum atomic E-state index is 12.2. The van der Waals surface area contributed by atoms with Gasteiger partial charge in [0, 0.05) is 19.1 Å². The van der Waals surface area contributed by atoms with E-state index in [1.54, 1.807) is 12.1 Å². The molecule has 2 rings (SSSR count). The minimum atomic E-state index is -3.33. The minimum Gasteiger partial charge on any atom is -0.316 e. The van der Waals surface area contributed by atoms with E-state index in [0.29, 0.717) is 21.6 Å². The van der Waals surface area contributed by atoms with Gasteiger partial charge in [-0.15, -0.1) is 11.3 Å². The van der Waals surface area contributed by atoms with Gasteiger partial charge in [0.05, 0.1) is 4.34 Å². The first-order chi connectivity index (χ1) is 7.54. The summed E-state index contributed by atoms with van der Waals surface area (Å²) in [5.74, 6) is 0. The van der Waals surface area contributed by atoms with Gasteiger partial charge >= 0.3 is 0 Å². The van der Waals surface area contributed by atoms with Gasteiger partial charge in [-0.1, -0.05) is 11.6 Å². The standard InChI is InChI=1S/C9H13ClN2O2S2/c1-11-7-4-5-12(6-7)16(13,14)9-3-2-8(10)15-9/h2-3,7,11H,4-6H2,1H3. The van der Waals surface area contributed by atoms with Crippen molar-refractivity contribution in [2.45, 2.75) is 16.7 Å². The molecule has 1 N–H and O–H groups in total. The van der Waals surface area contributed by atoms with Gasteiger partial charge in [0.25, 0.3) is 10.0 Å². The average Bonchev–Trinajstić information content (AvgIpc) is 2.85. The molecule has 1 saturated heterocycles. The predicted octanol–water partition coefficient (Wildman–Crippen LogP) is 1.38. The molecule has 0 spiro atoms. The summed E-state index contributed by atoms with van der Waals surface area (Å²) in [4.78, 5) is 0. The molecule has 0 saturated carbocycles. The molecule has 0 bridgehead atoms. The summed E-state index contributed by atoms with van der Waals surface area (Å²) >= 11 is 6.86. The second-order valence-electron chi connectivity index (χ2n) is 3.70. The number of hydrogen-bond donors (Lipinski definition) is 1. The van der Waals surface area contributed by atoms with Crippen LogP contribution >= 0.6 is 22.9 Å². The molecule has 2 heterocycles. The maximum Gasteiger partial charge on any atom is 0.252 e. The molecule has 0 aliphatic carbocycles. The number of sulfonamides is 1. The molecule has 0 radical (unpaired) electrons. The van der Waals surface area contributed by atoms with Gasteiger partial charge in [0.1, 0.15) is 4.21 Å². The number of nitrogens with zero attached hydrogens (tertiary/aromatic N) is 1. The normalized spacial score (nSPS) is 22.8. The van der Waals surface area contributed by atoms with Crippen molar-refractivity contribution >= 4 is 33.0 Å². The molecule has 1 unspecified atom stereocenters. The zero-order chi connectivity index (χ0) is 11.8. The third-order valence-corrected chi connectivity index (χ3v) is 6.27. The van der Waals surface area contributed by atoms with Gasteiger partial charge in [0.2, 0.25) is 0 Å². The largest absolute Gasteiger partial charge is 0.316 e. The van der Waals surface area contributed by atoms with Crippen molar-refractivity contribution in [1.29, 1.82) is 0 Å². The van der Waals surface area contributed by atoms with E-state index in [4.69, 9.17) is 11.6 Å². The van der Waals surface area contributed by atoms with Gasteiger partial charge in [0.15, 0.2) is 0 Å². The van der Waals surface area contributed by atoms with Crippen molar-refractivity contribution in [3.8, 4) is 0 Å². The number of likely N-dealkylation sites (N-methyl/N-ethyl adjacent to an activating group) is 1. The van der Waals surface area contributed by atoms with Crippen LogP contribution in [0.25, 0.3) is 0 Å². The lowest BCUT2D eigenvalue weighted by molar-refractivity contribution is 0.466. The van der Waals surface area contributed by atoms with E-state index in [2.05, 4.69) is 5.32 Å². The minimum absolute atomic E-state index is 0.255. The zero-order valence-corrected chi connectivity index (χ0v) is 11.2. The molecule has 0 amide bonds. The summed E-state index contributed by atoms with van der Waals surface area (Å²) in [5.41, 5.74) is 0. The number of nitrogens with one attached hydrogen (secondary N) is 1. The lowest BCUT2D eigenvalue weighted by Gasteiger charge is -2.14. The third kappa shape index (κ3) is 2.26. The Bertz CT molecular complexity index is 472. The van der Waals surface area contributed by atoms with E-state index in [9.17, 15) is 8.42 Å². The lowest BCUT2D eigenvalue weighted by Crippen LogP contribution is -2.33. The van der Waals surface area contributed by atoms with Crippen molar-refractivity contribution in [1.82, 2.24) is 9.62 Å². The van der Waals surface area contributed by atoms with Crippen LogP contribution in [0.2, 0.25) is 4.34 Å². The Morgan fingerprint density at radius 2 is 2.31 bits per heavy atom. The molecule has 0 aromatic carbocycles. The molecule has 90 valence electrons. The van der Waals surface area contributed by atoms with E-state index in [0.717, 1.165) is 17.8 Å². The maximum absolute atomic E-state index is 12.2. The summed E-state index contributed by atoms with van der Waals surface area (Å²) in [6, 6.07) is 3.44. The Morgan fingerprint density at radius 3 is 2.81 bits per heavy atom. The van der Waals surface area contributed by atoms with Crippen molar-refractivity contribution in [2.75, 3.05) is 20.1 Å². The van der Waals surface area contributed by atoms with E-state index in [1.807, 2.05) is 7.05 Å². The van der Waals surface area contributed by atoms with E-state index in [-0.39, 0.29) is 6.04 Å². The summed E-state index contributed by atoms with van der Waals surface area (Å²) in [6.07, 6.45) is 0.856. The van der Waals surface area contributed by atoms with Gasteiger partial charge in [-0.25, -0.2) is 8.42 Å². The topological polar surface area (TPSA) is 49.4 Å². The van der Waals surface area contributed by atoms with E-state index >= 15 is 0 Å². The Morgan fingerprint density at radius 1 is 1.56 bits per heavy atom. The number of rotatable bonds is 3. The first-order valence-electron chi connectivity index (χ1n) is 4.97. The highest BCUT2D eigenvalue weighted by molar-refractivity contribution is 7.91. The Labute approximate surface area is 104 Å². The average molecular weight is 281 g/mol. The van der Waals surface area contributed by atoms with Crippen molar-refractivity contribution < 1.29 is 8.42 Å². The van der Waals surface area contributed by atoms with Crippen LogP contribution in [0.15, 0.2) is 16.3 Å². The Hall–Kier alpha value is -0.140. The van der Waals surface area contributed by atoms with Crippen LogP contribution < -0.4 is 5.32 Å². The summed E-state index contributed by atoms with van der Waals surface area (Å²) in [6.45, 7) is 1.11. The van der Waals surface area contributed by atoms with Crippen LogP contribution in [0.1, 0.15) is 6.42 Å². The van der Waals surface area contributed by atoms with Crippen LogP contribution in [-0.4, -0.2) is 38.9 Å². The van der Waals surface area contributed by atoms with Gasteiger partial charge in [-0.3, -0.25) is 0 Å². The highest BCUT2D eigenvalue weighted by Gasteiger charge is 2.32. The molecular weight excluding hydrogens is 268 g/mol.